The fraction of sp³-hybridized carbons (Fsp3) is 0.429. The van der Waals surface area contributed by atoms with Crippen molar-refractivity contribution < 1.29 is 9.59 Å². The Morgan fingerprint density at radius 2 is 1.83 bits per heavy atom. The minimum absolute atomic E-state index is 0.0196. The van der Waals surface area contributed by atoms with Crippen molar-refractivity contribution in [3.8, 4) is 0 Å². The molecule has 0 aliphatic heterocycles. The SMILES string of the molecule is CCCC(=O)NCC(=O)Nc1ccc(C)c(C)c1. The van der Waals surface area contributed by atoms with Gasteiger partial charge in [-0.2, -0.15) is 0 Å². The molecule has 0 spiro atoms. The van der Waals surface area contributed by atoms with E-state index < -0.39 is 0 Å². The molecule has 0 radical (unpaired) electrons. The molecule has 1 aromatic rings. The first-order chi connectivity index (χ1) is 8.52. The zero-order chi connectivity index (χ0) is 13.5. The van der Waals surface area contributed by atoms with Crippen LogP contribution in [-0.2, 0) is 9.59 Å². The lowest BCUT2D eigenvalue weighted by atomic mass is 10.1. The van der Waals surface area contributed by atoms with Crippen molar-refractivity contribution >= 4 is 17.5 Å². The second-order valence-corrected chi connectivity index (χ2v) is 4.37. The highest BCUT2D eigenvalue weighted by Crippen LogP contribution is 2.13. The third-order valence-electron chi connectivity index (χ3n) is 2.71. The van der Waals surface area contributed by atoms with Crippen LogP contribution in [0.2, 0.25) is 0 Å². The summed E-state index contributed by atoms with van der Waals surface area (Å²) in [6, 6.07) is 5.73. The van der Waals surface area contributed by atoms with Crippen LogP contribution < -0.4 is 10.6 Å². The highest BCUT2D eigenvalue weighted by Gasteiger charge is 2.05. The Morgan fingerprint density at radius 1 is 1.11 bits per heavy atom. The lowest BCUT2D eigenvalue weighted by Gasteiger charge is -2.08. The van der Waals surface area contributed by atoms with E-state index in [0.717, 1.165) is 17.7 Å². The lowest BCUT2D eigenvalue weighted by molar-refractivity contribution is -0.124. The van der Waals surface area contributed by atoms with E-state index in [2.05, 4.69) is 10.6 Å². The van der Waals surface area contributed by atoms with E-state index in [1.54, 1.807) is 0 Å². The Kier molecular flexibility index (Phi) is 5.36. The van der Waals surface area contributed by atoms with Crippen molar-refractivity contribution in [2.75, 3.05) is 11.9 Å². The molecule has 0 heterocycles. The molecule has 1 aromatic carbocycles. The number of hydrogen-bond acceptors (Lipinski definition) is 2. The maximum Gasteiger partial charge on any atom is 0.243 e. The van der Waals surface area contributed by atoms with Crippen LogP contribution in [0.5, 0.6) is 0 Å². The fourth-order valence-corrected chi connectivity index (χ4v) is 1.52. The van der Waals surface area contributed by atoms with Crippen molar-refractivity contribution in [3.05, 3.63) is 29.3 Å². The summed E-state index contributed by atoms with van der Waals surface area (Å²) < 4.78 is 0. The summed E-state index contributed by atoms with van der Waals surface area (Å²) in [5.41, 5.74) is 3.07. The molecule has 4 nitrogen and oxygen atoms in total. The first kappa shape index (κ1) is 14.2. The molecule has 2 N–H and O–H groups in total. The molecule has 0 bridgehead atoms. The van der Waals surface area contributed by atoms with Gasteiger partial charge in [-0.1, -0.05) is 13.0 Å². The van der Waals surface area contributed by atoms with Gasteiger partial charge in [0.15, 0.2) is 0 Å². The minimum Gasteiger partial charge on any atom is -0.347 e. The summed E-state index contributed by atoms with van der Waals surface area (Å²) >= 11 is 0. The fourth-order valence-electron chi connectivity index (χ4n) is 1.52. The molecule has 18 heavy (non-hydrogen) atoms. The summed E-state index contributed by atoms with van der Waals surface area (Å²) in [6.07, 6.45) is 1.24. The Morgan fingerprint density at radius 3 is 2.44 bits per heavy atom. The monoisotopic (exact) mass is 248 g/mol. The molecule has 2 amide bonds. The van der Waals surface area contributed by atoms with E-state index in [4.69, 9.17) is 0 Å². The Balaban J connectivity index is 2.44. The number of carbonyl (C=O) groups excluding carboxylic acids is 2. The minimum atomic E-state index is -0.206. The first-order valence-electron chi connectivity index (χ1n) is 6.16. The molecule has 0 atom stereocenters. The van der Waals surface area contributed by atoms with Crippen molar-refractivity contribution in [1.82, 2.24) is 5.32 Å². The Bertz CT molecular complexity index is 441. The number of nitrogens with one attached hydrogen (secondary N) is 2. The van der Waals surface area contributed by atoms with Gasteiger partial charge in [-0.3, -0.25) is 9.59 Å². The third kappa shape index (κ3) is 4.57. The summed E-state index contributed by atoms with van der Waals surface area (Å²) in [6.45, 7) is 5.96. The number of carbonyl (C=O) groups is 2. The van der Waals surface area contributed by atoms with Crippen LogP contribution in [0.15, 0.2) is 18.2 Å². The average molecular weight is 248 g/mol. The van der Waals surface area contributed by atoms with Gasteiger partial charge >= 0.3 is 0 Å². The van der Waals surface area contributed by atoms with Gasteiger partial charge in [-0.25, -0.2) is 0 Å². The van der Waals surface area contributed by atoms with Gasteiger partial charge in [-0.15, -0.1) is 0 Å². The van der Waals surface area contributed by atoms with E-state index in [1.807, 2.05) is 39.0 Å². The molecular weight excluding hydrogens is 228 g/mol. The summed E-state index contributed by atoms with van der Waals surface area (Å²) in [5, 5.41) is 5.33. The van der Waals surface area contributed by atoms with Gasteiger partial charge in [0.2, 0.25) is 11.8 Å². The topological polar surface area (TPSA) is 58.2 Å². The number of benzene rings is 1. The molecule has 98 valence electrons. The summed E-state index contributed by atoms with van der Waals surface area (Å²) in [5.74, 6) is -0.296. The van der Waals surface area contributed by atoms with Crippen LogP contribution in [0.1, 0.15) is 30.9 Å². The highest BCUT2D eigenvalue weighted by molar-refractivity contribution is 5.94. The van der Waals surface area contributed by atoms with Crippen LogP contribution >= 0.6 is 0 Å². The van der Waals surface area contributed by atoms with Gasteiger partial charge in [0, 0.05) is 12.1 Å². The van der Waals surface area contributed by atoms with Crippen molar-refractivity contribution in [3.63, 3.8) is 0 Å². The summed E-state index contributed by atoms with van der Waals surface area (Å²) in [7, 11) is 0. The quantitative estimate of drug-likeness (QED) is 0.839. The highest BCUT2D eigenvalue weighted by atomic mass is 16.2. The second-order valence-electron chi connectivity index (χ2n) is 4.37. The molecule has 1 rings (SSSR count). The van der Waals surface area contributed by atoms with E-state index in [-0.39, 0.29) is 18.4 Å². The lowest BCUT2D eigenvalue weighted by Crippen LogP contribution is -2.32. The van der Waals surface area contributed by atoms with E-state index in [1.165, 1.54) is 5.56 Å². The molecule has 0 aliphatic rings. The number of aryl methyl sites for hydroxylation is 2. The van der Waals surface area contributed by atoms with Crippen LogP contribution in [0.4, 0.5) is 5.69 Å². The largest absolute Gasteiger partial charge is 0.347 e. The van der Waals surface area contributed by atoms with Crippen molar-refractivity contribution in [2.45, 2.75) is 33.6 Å². The Labute approximate surface area is 108 Å². The molecule has 0 aromatic heterocycles. The van der Waals surface area contributed by atoms with Crippen molar-refractivity contribution in [2.24, 2.45) is 0 Å². The molecule has 4 heteroatoms. The molecule has 0 fully saturated rings. The van der Waals surface area contributed by atoms with Crippen molar-refractivity contribution in [1.29, 1.82) is 0 Å². The maximum absolute atomic E-state index is 11.6. The molecule has 0 aliphatic carbocycles. The van der Waals surface area contributed by atoms with Gasteiger partial charge in [0.05, 0.1) is 6.54 Å². The van der Waals surface area contributed by atoms with Crippen LogP contribution in [-0.4, -0.2) is 18.4 Å². The van der Waals surface area contributed by atoms with E-state index >= 15 is 0 Å². The number of rotatable bonds is 5. The standard InChI is InChI=1S/C14H20N2O2/c1-4-5-13(17)15-9-14(18)16-12-7-6-10(2)11(3)8-12/h6-8H,4-5,9H2,1-3H3,(H,15,17)(H,16,18). The zero-order valence-electron chi connectivity index (χ0n) is 11.2. The number of anilines is 1. The van der Waals surface area contributed by atoms with E-state index in [9.17, 15) is 9.59 Å². The number of hydrogen-bond donors (Lipinski definition) is 2. The zero-order valence-corrected chi connectivity index (χ0v) is 11.2. The third-order valence-corrected chi connectivity index (χ3v) is 2.71. The van der Waals surface area contributed by atoms with E-state index in [0.29, 0.717) is 6.42 Å². The number of amides is 2. The molecular formula is C14H20N2O2. The normalized spacial score (nSPS) is 9.94. The summed E-state index contributed by atoms with van der Waals surface area (Å²) in [4.78, 5) is 22.8. The van der Waals surface area contributed by atoms with Gasteiger partial charge in [0.25, 0.3) is 0 Å². The van der Waals surface area contributed by atoms with Gasteiger partial charge in [0.1, 0.15) is 0 Å². The molecule has 0 unspecified atom stereocenters. The van der Waals surface area contributed by atoms with Crippen LogP contribution in [0.25, 0.3) is 0 Å². The predicted octanol–water partition coefficient (Wildman–Crippen LogP) is 2.16. The predicted molar refractivity (Wildman–Crippen MR) is 72.5 cm³/mol. The van der Waals surface area contributed by atoms with Gasteiger partial charge in [-0.05, 0) is 43.5 Å². The Hall–Kier alpha value is -1.84. The average Bonchev–Trinajstić information content (AvgIpc) is 2.32. The molecule has 0 saturated carbocycles. The first-order valence-corrected chi connectivity index (χ1v) is 6.16. The second kappa shape index (κ2) is 6.79. The maximum atomic E-state index is 11.6. The van der Waals surface area contributed by atoms with Crippen LogP contribution in [0, 0.1) is 13.8 Å². The van der Waals surface area contributed by atoms with Gasteiger partial charge < -0.3 is 10.6 Å². The molecule has 0 saturated heterocycles. The smallest absolute Gasteiger partial charge is 0.243 e. The van der Waals surface area contributed by atoms with Crippen LogP contribution in [0.3, 0.4) is 0 Å².